The summed E-state index contributed by atoms with van der Waals surface area (Å²) in [4.78, 5) is 12.6. The van der Waals surface area contributed by atoms with Crippen LogP contribution >= 0.6 is 23.1 Å². The van der Waals surface area contributed by atoms with Crippen LogP contribution in [-0.4, -0.2) is 29.4 Å². The molecule has 1 aromatic rings. The second-order valence-corrected chi connectivity index (χ2v) is 5.24. The first-order valence-electron chi connectivity index (χ1n) is 4.72. The Labute approximate surface area is 97.9 Å². The first kappa shape index (κ1) is 12.5. The van der Waals surface area contributed by atoms with Gasteiger partial charge < -0.3 is 10.4 Å². The lowest BCUT2D eigenvalue weighted by molar-refractivity contribution is -0.119. The number of nitrogens with one attached hydrogen (secondary N) is 1. The van der Waals surface area contributed by atoms with E-state index < -0.39 is 0 Å². The molecule has 2 N–H and O–H groups in total. The van der Waals surface area contributed by atoms with Crippen LogP contribution in [0.1, 0.15) is 11.8 Å². The lowest BCUT2D eigenvalue weighted by Crippen LogP contribution is -2.36. The van der Waals surface area contributed by atoms with E-state index in [0.29, 0.717) is 5.75 Å². The Kier molecular flexibility index (Phi) is 5.75. The zero-order valence-electron chi connectivity index (χ0n) is 8.60. The maximum absolute atomic E-state index is 11.3. The molecule has 0 saturated carbocycles. The number of aliphatic hydroxyl groups excluding tert-OH is 1. The minimum atomic E-state index is -0.153. The van der Waals surface area contributed by atoms with Crippen LogP contribution < -0.4 is 5.32 Å². The van der Waals surface area contributed by atoms with Crippen molar-refractivity contribution in [2.45, 2.75) is 18.7 Å². The van der Waals surface area contributed by atoms with Crippen LogP contribution in [0.15, 0.2) is 17.5 Å². The Balaban J connectivity index is 2.12. The Hall–Kier alpha value is -0.520. The maximum Gasteiger partial charge on any atom is 0.230 e. The van der Waals surface area contributed by atoms with Crippen LogP contribution in [0, 0.1) is 0 Å². The molecule has 0 aromatic carbocycles. The first-order chi connectivity index (χ1) is 7.22. The minimum Gasteiger partial charge on any atom is -0.394 e. The number of thioether (sulfide) groups is 1. The van der Waals surface area contributed by atoms with Gasteiger partial charge in [-0.1, -0.05) is 6.07 Å². The average molecular weight is 245 g/mol. The minimum absolute atomic E-state index is 0.0126. The summed E-state index contributed by atoms with van der Waals surface area (Å²) in [6, 6.07) is 3.92. The van der Waals surface area contributed by atoms with Crippen molar-refractivity contribution in [1.82, 2.24) is 5.32 Å². The first-order valence-corrected chi connectivity index (χ1v) is 6.76. The zero-order valence-corrected chi connectivity index (χ0v) is 10.2. The molecule has 0 bridgehead atoms. The fourth-order valence-electron chi connectivity index (χ4n) is 1.00. The van der Waals surface area contributed by atoms with Gasteiger partial charge in [0.05, 0.1) is 12.4 Å². The van der Waals surface area contributed by atoms with E-state index >= 15 is 0 Å². The lowest BCUT2D eigenvalue weighted by Gasteiger charge is -2.09. The van der Waals surface area contributed by atoms with Gasteiger partial charge in [-0.15, -0.1) is 23.1 Å². The van der Waals surface area contributed by atoms with Crippen LogP contribution in [0.2, 0.25) is 0 Å². The van der Waals surface area contributed by atoms with Gasteiger partial charge in [-0.3, -0.25) is 4.79 Å². The van der Waals surface area contributed by atoms with Crippen molar-refractivity contribution in [2.75, 3.05) is 12.4 Å². The smallest absolute Gasteiger partial charge is 0.230 e. The number of rotatable bonds is 6. The third-order valence-electron chi connectivity index (χ3n) is 1.74. The fraction of sp³-hybridized carbons (Fsp3) is 0.500. The van der Waals surface area contributed by atoms with E-state index in [-0.39, 0.29) is 18.6 Å². The highest BCUT2D eigenvalue weighted by Gasteiger charge is 2.05. The molecule has 0 aliphatic carbocycles. The number of aliphatic hydroxyl groups is 1. The molecule has 0 radical (unpaired) electrons. The molecule has 0 aliphatic rings. The van der Waals surface area contributed by atoms with Crippen molar-refractivity contribution < 1.29 is 9.90 Å². The molecular weight excluding hydrogens is 230 g/mol. The fourth-order valence-corrected chi connectivity index (χ4v) is 2.68. The molecule has 84 valence electrons. The van der Waals surface area contributed by atoms with Gasteiger partial charge in [-0.05, 0) is 18.4 Å². The summed E-state index contributed by atoms with van der Waals surface area (Å²) in [7, 11) is 0. The Morgan fingerprint density at radius 2 is 2.53 bits per heavy atom. The molecule has 1 heterocycles. The van der Waals surface area contributed by atoms with Crippen molar-refractivity contribution in [3.63, 3.8) is 0 Å². The van der Waals surface area contributed by atoms with Crippen molar-refractivity contribution in [3.8, 4) is 0 Å². The zero-order chi connectivity index (χ0) is 11.1. The predicted octanol–water partition coefficient (Wildman–Crippen LogP) is 1.48. The molecule has 0 fully saturated rings. The van der Waals surface area contributed by atoms with Crippen LogP contribution in [0.4, 0.5) is 0 Å². The number of amides is 1. The Morgan fingerprint density at radius 3 is 3.13 bits per heavy atom. The van der Waals surface area contributed by atoms with Gasteiger partial charge in [0, 0.05) is 16.7 Å². The number of carbonyl (C=O) groups excluding carboxylic acids is 1. The van der Waals surface area contributed by atoms with Crippen LogP contribution in [-0.2, 0) is 10.5 Å². The summed E-state index contributed by atoms with van der Waals surface area (Å²) in [5, 5.41) is 13.5. The van der Waals surface area contributed by atoms with Crippen LogP contribution in [0.25, 0.3) is 0 Å². The third kappa shape index (κ3) is 5.20. The van der Waals surface area contributed by atoms with E-state index in [1.807, 2.05) is 11.4 Å². The molecule has 0 saturated heterocycles. The van der Waals surface area contributed by atoms with E-state index in [1.54, 1.807) is 30.0 Å². The molecule has 1 amide bonds. The second-order valence-electron chi connectivity index (χ2n) is 3.22. The molecule has 0 unspecified atom stereocenters. The average Bonchev–Trinajstić information content (AvgIpc) is 2.70. The van der Waals surface area contributed by atoms with Gasteiger partial charge in [0.2, 0.25) is 5.91 Å². The topological polar surface area (TPSA) is 49.3 Å². The van der Waals surface area contributed by atoms with E-state index in [2.05, 4.69) is 11.4 Å². The van der Waals surface area contributed by atoms with Crippen LogP contribution in [0.5, 0.6) is 0 Å². The number of carbonyl (C=O) groups is 1. The highest BCUT2D eigenvalue weighted by atomic mass is 32.2. The highest BCUT2D eigenvalue weighted by molar-refractivity contribution is 7.99. The largest absolute Gasteiger partial charge is 0.394 e. The van der Waals surface area contributed by atoms with Crippen molar-refractivity contribution in [2.24, 2.45) is 0 Å². The lowest BCUT2D eigenvalue weighted by atomic mass is 10.4. The second kappa shape index (κ2) is 6.87. The van der Waals surface area contributed by atoms with E-state index in [4.69, 9.17) is 5.11 Å². The van der Waals surface area contributed by atoms with Gasteiger partial charge in [0.15, 0.2) is 0 Å². The summed E-state index contributed by atoms with van der Waals surface area (Å²) in [6.45, 7) is 1.77. The SMILES string of the molecule is C[C@H](CO)NC(=O)CSCc1cccs1. The monoisotopic (exact) mass is 245 g/mol. The molecule has 0 aliphatic heterocycles. The quantitative estimate of drug-likeness (QED) is 0.798. The molecule has 0 spiro atoms. The van der Waals surface area contributed by atoms with Crippen molar-refractivity contribution >= 4 is 29.0 Å². The maximum atomic E-state index is 11.3. The summed E-state index contributed by atoms with van der Waals surface area (Å²) in [5.41, 5.74) is 0. The standard InChI is InChI=1S/C10H15NO2S2/c1-8(5-12)11-10(13)7-14-6-9-3-2-4-15-9/h2-4,8,12H,5-7H2,1H3,(H,11,13)/t8-/m1/s1. The molecule has 15 heavy (non-hydrogen) atoms. The molecule has 3 nitrogen and oxygen atoms in total. The molecule has 1 aromatic heterocycles. The summed E-state index contributed by atoms with van der Waals surface area (Å²) in [5.74, 6) is 1.30. The molecule has 5 heteroatoms. The Morgan fingerprint density at radius 1 is 1.73 bits per heavy atom. The normalized spacial score (nSPS) is 12.4. The van der Waals surface area contributed by atoms with Crippen LogP contribution in [0.3, 0.4) is 0 Å². The molecule has 1 atom stereocenters. The van der Waals surface area contributed by atoms with E-state index in [9.17, 15) is 4.79 Å². The van der Waals surface area contributed by atoms with E-state index in [0.717, 1.165) is 5.75 Å². The van der Waals surface area contributed by atoms with Crippen molar-refractivity contribution in [3.05, 3.63) is 22.4 Å². The highest BCUT2D eigenvalue weighted by Crippen LogP contribution is 2.16. The van der Waals surface area contributed by atoms with Gasteiger partial charge in [-0.25, -0.2) is 0 Å². The number of hydrogen-bond acceptors (Lipinski definition) is 4. The summed E-state index contributed by atoms with van der Waals surface area (Å²) < 4.78 is 0. The molecular formula is C10H15NO2S2. The predicted molar refractivity (Wildman–Crippen MR) is 65.2 cm³/mol. The van der Waals surface area contributed by atoms with Gasteiger partial charge in [0.1, 0.15) is 0 Å². The number of thiophene rings is 1. The van der Waals surface area contributed by atoms with E-state index in [1.165, 1.54) is 4.88 Å². The summed E-state index contributed by atoms with van der Waals surface area (Å²) in [6.07, 6.45) is 0. The summed E-state index contributed by atoms with van der Waals surface area (Å²) >= 11 is 3.29. The third-order valence-corrected chi connectivity index (χ3v) is 3.78. The molecule has 1 rings (SSSR count). The van der Waals surface area contributed by atoms with Gasteiger partial charge in [-0.2, -0.15) is 0 Å². The van der Waals surface area contributed by atoms with Gasteiger partial charge >= 0.3 is 0 Å². The van der Waals surface area contributed by atoms with Crippen molar-refractivity contribution in [1.29, 1.82) is 0 Å². The Bertz CT molecular complexity index is 288. The van der Waals surface area contributed by atoms with Gasteiger partial charge in [0.25, 0.3) is 0 Å². The number of hydrogen-bond donors (Lipinski definition) is 2.